The van der Waals surface area contributed by atoms with Gasteiger partial charge in [0.25, 0.3) is 0 Å². The minimum absolute atomic E-state index is 0.0963. The molecule has 1 aromatic heterocycles. The second-order valence-electron chi connectivity index (χ2n) is 4.58. The van der Waals surface area contributed by atoms with E-state index in [1.807, 2.05) is 13.0 Å². The zero-order valence-electron chi connectivity index (χ0n) is 11.1. The SMILES string of the molecule is COC(=O)Cn1cc(C(C)O)c2cc(C)c(Cl)cc21. The standard InChI is InChI=1S/C14H16ClNO3/c1-8-4-10-11(9(2)17)6-16(7-14(18)19-3)13(10)5-12(8)15/h4-6,9,17H,7H2,1-3H3. The number of rotatable bonds is 3. The van der Waals surface area contributed by atoms with E-state index in [1.165, 1.54) is 7.11 Å². The Morgan fingerprint density at radius 3 is 2.79 bits per heavy atom. The molecule has 1 unspecified atom stereocenters. The number of nitrogens with zero attached hydrogens (tertiary/aromatic N) is 1. The number of carbonyl (C=O) groups is 1. The van der Waals surface area contributed by atoms with Crippen LogP contribution in [0, 0.1) is 6.92 Å². The van der Waals surface area contributed by atoms with Crippen molar-refractivity contribution in [1.29, 1.82) is 0 Å². The van der Waals surface area contributed by atoms with Crippen LogP contribution >= 0.6 is 11.6 Å². The lowest BCUT2D eigenvalue weighted by Crippen LogP contribution is -2.10. The molecule has 0 spiro atoms. The minimum Gasteiger partial charge on any atom is -0.468 e. The van der Waals surface area contributed by atoms with Crippen molar-refractivity contribution in [1.82, 2.24) is 4.57 Å². The number of aliphatic hydroxyl groups is 1. The predicted molar refractivity (Wildman–Crippen MR) is 74.3 cm³/mol. The average Bonchev–Trinajstić information content (AvgIpc) is 2.68. The van der Waals surface area contributed by atoms with Crippen molar-refractivity contribution >= 4 is 28.5 Å². The number of methoxy groups -OCH3 is 1. The van der Waals surface area contributed by atoms with E-state index < -0.39 is 6.10 Å². The normalized spacial score (nSPS) is 12.7. The van der Waals surface area contributed by atoms with E-state index in [-0.39, 0.29) is 12.5 Å². The molecule has 0 aliphatic rings. The van der Waals surface area contributed by atoms with E-state index >= 15 is 0 Å². The molecule has 1 heterocycles. The Hall–Kier alpha value is -1.52. The van der Waals surface area contributed by atoms with Crippen LogP contribution in [0.1, 0.15) is 24.2 Å². The Morgan fingerprint density at radius 2 is 2.21 bits per heavy atom. The zero-order chi connectivity index (χ0) is 14.2. The third-order valence-corrected chi connectivity index (χ3v) is 3.58. The highest BCUT2D eigenvalue weighted by atomic mass is 35.5. The van der Waals surface area contributed by atoms with Gasteiger partial charge in [0.1, 0.15) is 6.54 Å². The van der Waals surface area contributed by atoms with Crippen molar-refractivity contribution in [2.45, 2.75) is 26.5 Å². The number of esters is 1. The van der Waals surface area contributed by atoms with Crippen molar-refractivity contribution in [3.05, 3.63) is 34.5 Å². The maximum atomic E-state index is 11.4. The van der Waals surface area contributed by atoms with E-state index in [1.54, 1.807) is 23.8 Å². The number of aromatic nitrogens is 1. The van der Waals surface area contributed by atoms with Crippen LogP contribution < -0.4 is 0 Å². The van der Waals surface area contributed by atoms with Gasteiger partial charge in [0.2, 0.25) is 0 Å². The molecule has 5 heteroatoms. The van der Waals surface area contributed by atoms with Crippen molar-refractivity contribution in [3.8, 4) is 0 Å². The first-order chi connectivity index (χ1) is 8.93. The van der Waals surface area contributed by atoms with Gasteiger partial charge in [0.15, 0.2) is 0 Å². The first-order valence-electron chi connectivity index (χ1n) is 5.97. The number of aryl methyl sites for hydroxylation is 1. The molecule has 0 saturated heterocycles. The molecule has 2 rings (SSSR count). The lowest BCUT2D eigenvalue weighted by molar-refractivity contribution is -0.141. The smallest absolute Gasteiger partial charge is 0.325 e. The first-order valence-corrected chi connectivity index (χ1v) is 6.35. The number of ether oxygens (including phenoxy) is 1. The summed E-state index contributed by atoms with van der Waals surface area (Å²) in [4.78, 5) is 11.4. The number of hydrogen-bond donors (Lipinski definition) is 1. The maximum Gasteiger partial charge on any atom is 0.325 e. The molecule has 1 N–H and O–H groups in total. The third kappa shape index (κ3) is 2.60. The summed E-state index contributed by atoms with van der Waals surface area (Å²) in [6.07, 6.45) is 1.16. The fourth-order valence-electron chi connectivity index (χ4n) is 2.11. The lowest BCUT2D eigenvalue weighted by Gasteiger charge is -2.05. The Balaban J connectivity index is 2.64. The molecule has 2 aromatic rings. The minimum atomic E-state index is -0.609. The fraction of sp³-hybridized carbons (Fsp3) is 0.357. The summed E-state index contributed by atoms with van der Waals surface area (Å²) in [5, 5.41) is 11.4. The van der Waals surface area contributed by atoms with Gasteiger partial charge >= 0.3 is 5.97 Å². The molecule has 1 atom stereocenters. The molecule has 0 fully saturated rings. The number of aliphatic hydroxyl groups excluding tert-OH is 1. The van der Waals surface area contributed by atoms with Crippen molar-refractivity contribution in [3.63, 3.8) is 0 Å². The van der Waals surface area contributed by atoms with Crippen molar-refractivity contribution in [2.75, 3.05) is 7.11 Å². The molecule has 0 saturated carbocycles. The topological polar surface area (TPSA) is 51.5 Å². The highest BCUT2D eigenvalue weighted by Crippen LogP contribution is 2.31. The van der Waals surface area contributed by atoms with Crippen LogP contribution in [0.25, 0.3) is 10.9 Å². The Kier molecular flexibility index (Phi) is 3.83. The average molecular weight is 282 g/mol. The van der Waals surface area contributed by atoms with Crippen LogP contribution in [0.4, 0.5) is 0 Å². The van der Waals surface area contributed by atoms with E-state index in [0.717, 1.165) is 22.0 Å². The van der Waals surface area contributed by atoms with Gasteiger partial charge in [0, 0.05) is 22.2 Å². The van der Waals surface area contributed by atoms with Crippen LogP contribution in [-0.4, -0.2) is 22.8 Å². The molecule has 0 aliphatic carbocycles. The van der Waals surface area contributed by atoms with Crippen LogP contribution in [0.15, 0.2) is 18.3 Å². The molecular formula is C14H16ClNO3. The predicted octanol–water partition coefficient (Wildman–Crippen LogP) is 2.83. The number of carbonyl (C=O) groups excluding carboxylic acids is 1. The van der Waals surface area contributed by atoms with Gasteiger partial charge in [-0.05, 0) is 31.5 Å². The van der Waals surface area contributed by atoms with Gasteiger partial charge in [-0.1, -0.05) is 11.6 Å². The third-order valence-electron chi connectivity index (χ3n) is 3.17. The molecule has 0 radical (unpaired) electrons. The van der Waals surface area contributed by atoms with E-state index in [0.29, 0.717) is 5.02 Å². The van der Waals surface area contributed by atoms with Crippen LogP contribution in [0.2, 0.25) is 5.02 Å². The number of hydrogen-bond acceptors (Lipinski definition) is 3. The molecule has 0 aliphatic heterocycles. The van der Waals surface area contributed by atoms with E-state index in [4.69, 9.17) is 11.6 Å². The van der Waals surface area contributed by atoms with Crippen molar-refractivity contribution < 1.29 is 14.6 Å². The monoisotopic (exact) mass is 281 g/mol. The number of benzene rings is 1. The molecule has 1 aromatic carbocycles. The summed E-state index contributed by atoms with van der Waals surface area (Å²) >= 11 is 6.13. The van der Waals surface area contributed by atoms with Gasteiger partial charge in [-0.2, -0.15) is 0 Å². The molecular weight excluding hydrogens is 266 g/mol. The number of halogens is 1. The lowest BCUT2D eigenvalue weighted by atomic mass is 10.1. The number of fused-ring (bicyclic) bond motifs is 1. The highest BCUT2D eigenvalue weighted by molar-refractivity contribution is 6.32. The summed E-state index contributed by atoms with van der Waals surface area (Å²) in [5.74, 6) is -0.342. The van der Waals surface area contributed by atoms with E-state index in [9.17, 15) is 9.90 Å². The van der Waals surface area contributed by atoms with Gasteiger partial charge in [-0.15, -0.1) is 0 Å². The second-order valence-corrected chi connectivity index (χ2v) is 4.99. The second kappa shape index (κ2) is 5.23. The zero-order valence-corrected chi connectivity index (χ0v) is 11.9. The molecule has 102 valence electrons. The Morgan fingerprint density at radius 1 is 1.53 bits per heavy atom. The summed E-state index contributed by atoms with van der Waals surface area (Å²) in [7, 11) is 1.35. The van der Waals surface area contributed by atoms with Gasteiger partial charge < -0.3 is 14.4 Å². The summed E-state index contributed by atoms with van der Waals surface area (Å²) in [6, 6.07) is 3.73. The van der Waals surface area contributed by atoms with Crippen LogP contribution in [0.3, 0.4) is 0 Å². The fourth-order valence-corrected chi connectivity index (χ4v) is 2.27. The summed E-state index contributed by atoms with van der Waals surface area (Å²) in [6.45, 7) is 3.70. The van der Waals surface area contributed by atoms with Gasteiger partial charge in [-0.3, -0.25) is 4.79 Å². The Bertz CT molecular complexity index is 631. The Labute approximate surface area is 116 Å². The maximum absolute atomic E-state index is 11.4. The molecule has 0 amide bonds. The summed E-state index contributed by atoms with van der Waals surface area (Å²) in [5.41, 5.74) is 2.53. The first kappa shape index (κ1) is 13.9. The van der Waals surface area contributed by atoms with Crippen LogP contribution in [0.5, 0.6) is 0 Å². The largest absolute Gasteiger partial charge is 0.468 e. The molecule has 19 heavy (non-hydrogen) atoms. The molecule has 4 nitrogen and oxygen atoms in total. The van der Waals surface area contributed by atoms with Gasteiger partial charge in [0.05, 0.1) is 18.7 Å². The van der Waals surface area contributed by atoms with Crippen molar-refractivity contribution in [2.24, 2.45) is 0 Å². The van der Waals surface area contributed by atoms with Crippen LogP contribution in [-0.2, 0) is 16.1 Å². The quantitative estimate of drug-likeness (QED) is 0.880. The summed E-state index contributed by atoms with van der Waals surface area (Å²) < 4.78 is 6.42. The van der Waals surface area contributed by atoms with E-state index in [2.05, 4.69) is 4.74 Å². The van der Waals surface area contributed by atoms with Gasteiger partial charge in [-0.25, -0.2) is 0 Å². The highest BCUT2D eigenvalue weighted by Gasteiger charge is 2.15. The molecule has 0 bridgehead atoms.